The van der Waals surface area contributed by atoms with Crippen LogP contribution in [0.25, 0.3) is 0 Å². The van der Waals surface area contributed by atoms with E-state index in [1.807, 2.05) is 13.0 Å². The maximum Gasteiger partial charge on any atom is 0.106 e. The molecule has 2 heteroatoms. The van der Waals surface area contributed by atoms with Crippen molar-refractivity contribution in [3.8, 4) is 0 Å². The van der Waals surface area contributed by atoms with Crippen molar-refractivity contribution in [2.45, 2.75) is 108 Å². The van der Waals surface area contributed by atoms with E-state index in [0.29, 0.717) is 18.8 Å². The average Bonchev–Trinajstić information content (AvgIpc) is 2.93. The fourth-order valence-corrected chi connectivity index (χ4v) is 6.11. The lowest BCUT2D eigenvalue weighted by atomic mass is 9.72. The molecule has 0 aromatic carbocycles. The summed E-state index contributed by atoms with van der Waals surface area (Å²) >= 11 is 0. The van der Waals surface area contributed by atoms with E-state index >= 15 is 0 Å². The standard InChI is InChI=1S/C42H61NO/c1-32(15-11-16-33(2)22-25-39-36(5)19-13-28-41(39,7)8)21-24-38(44)31-43-30-27-35(4)18-12-17-34(3)23-26-40-37(6)20-14-29-42(40,9)10/h11-12,15-18,21-27,43-44H,13-14,19-20,28-31H2,1-10H3. The molecule has 0 saturated carbocycles. The summed E-state index contributed by atoms with van der Waals surface area (Å²) in [4.78, 5) is 0. The van der Waals surface area contributed by atoms with Gasteiger partial charge >= 0.3 is 0 Å². The van der Waals surface area contributed by atoms with Crippen LogP contribution in [0.2, 0.25) is 0 Å². The van der Waals surface area contributed by atoms with Crippen LogP contribution in [-0.2, 0) is 0 Å². The molecule has 0 saturated heterocycles. The molecule has 0 atom stereocenters. The van der Waals surface area contributed by atoms with Gasteiger partial charge in [-0.05, 0) is 108 Å². The third-order valence-electron chi connectivity index (χ3n) is 8.96. The molecule has 0 fully saturated rings. The second-order valence-electron chi connectivity index (χ2n) is 14.2. The molecule has 2 aliphatic rings. The van der Waals surface area contributed by atoms with Gasteiger partial charge in [0, 0.05) is 6.54 Å². The first-order valence-corrected chi connectivity index (χ1v) is 16.6. The number of hydrogen-bond acceptors (Lipinski definition) is 2. The molecular formula is C42H61NO. The molecule has 0 unspecified atom stereocenters. The van der Waals surface area contributed by atoms with Crippen molar-refractivity contribution in [2.24, 2.45) is 10.8 Å². The summed E-state index contributed by atoms with van der Waals surface area (Å²) < 4.78 is 0. The highest BCUT2D eigenvalue weighted by Gasteiger charge is 2.27. The zero-order valence-corrected chi connectivity index (χ0v) is 29.6. The quantitative estimate of drug-likeness (QED) is 0.126. The second kappa shape index (κ2) is 18.0. The summed E-state index contributed by atoms with van der Waals surface area (Å²) in [7, 11) is 0. The zero-order chi connectivity index (χ0) is 32.8. The number of hydrogen-bond donors (Lipinski definition) is 2. The van der Waals surface area contributed by atoms with Gasteiger partial charge in [-0.2, -0.15) is 0 Å². The summed E-state index contributed by atoms with van der Waals surface area (Å²) in [5, 5.41) is 13.6. The fourth-order valence-electron chi connectivity index (χ4n) is 6.11. The first-order valence-electron chi connectivity index (χ1n) is 16.6. The Morgan fingerprint density at radius 3 is 1.59 bits per heavy atom. The highest BCUT2D eigenvalue weighted by Crippen LogP contribution is 2.41. The number of nitrogens with one attached hydrogen (secondary N) is 1. The lowest BCUT2D eigenvalue weighted by Gasteiger charge is -2.33. The molecule has 240 valence electrons. The van der Waals surface area contributed by atoms with Gasteiger partial charge < -0.3 is 10.4 Å². The molecule has 0 heterocycles. The molecule has 2 aliphatic carbocycles. The van der Waals surface area contributed by atoms with Gasteiger partial charge in [-0.15, -0.1) is 0 Å². The van der Waals surface area contributed by atoms with Crippen molar-refractivity contribution in [3.05, 3.63) is 129 Å². The van der Waals surface area contributed by atoms with E-state index in [2.05, 4.69) is 134 Å². The minimum absolute atomic E-state index is 0.266. The molecule has 44 heavy (non-hydrogen) atoms. The van der Waals surface area contributed by atoms with Gasteiger partial charge in [0.15, 0.2) is 0 Å². The normalized spacial score (nSPS) is 21.3. The third kappa shape index (κ3) is 13.3. The van der Waals surface area contributed by atoms with Gasteiger partial charge in [-0.25, -0.2) is 0 Å². The van der Waals surface area contributed by atoms with Crippen molar-refractivity contribution in [1.29, 1.82) is 0 Å². The van der Waals surface area contributed by atoms with Crippen LogP contribution in [0.3, 0.4) is 0 Å². The number of allylic oxidation sites excluding steroid dienone is 20. The Hall–Kier alpha value is -3.10. The Bertz CT molecular complexity index is 1320. The minimum Gasteiger partial charge on any atom is -0.511 e. The first kappa shape index (κ1) is 37.1. The van der Waals surface area contributed by atoms with Crippen molar-refractivity contribution >= 4 is 0 Å². The summed E-state index contributed by atoms with van der Waals surface area (Å²) in [6.45, 7) is 23.6. The second-order valence-corrected chi connectivity index (χ2v) is 14.2. The van der Waals surface area contributed by atoms with Crippen LogP contribution >= 0.6 is 0 Å². The van der Waals surface area contributed by atoms with Gasteiger partial charge in [0.1, 0.15) is 5.76 Å². The molecule has 0 bridgehead atoms. The van der Waals surface area contributed by atoms with Gasteiger partial charge in [-0.3, -0.25) is 0 Å². The number of rotatable bonds is 13. The van der Waals surface area contributed by atoms with Crippen molar-refractivity contribution in [1.82, 2.24) is 5.32 Å². The summed E-state index contributed by atoms with van der Waals surface area (Å²) in [6, 6.07) is 0. The van der Waals surface area contributed by atoms with Crippen molar-refractivity contribution in [2.75, 3.05) is 13.1 Å². The molecule has 0 aliphatic heterocycles. The van der Waals surface area contributed by atoms with E-state index in [4.69, 9.17) is 0 Å². The Labute approximate surface area is 270 Å². The topological polar surface area (TPSA) is 32.3 Å². The molecular weight excluding hydrogens is 534 g/mol. The lowest BCUT2D eigenvalue weighted by molar-refractivity contribution is 0.376. The minimum atomic E-state index is 0.266. The summed E-state index contributed by atoms with van der Waals surface area (Å²) in [5.74, 6) is 0.324. The monoisotopic (exact) mass is 595 g/mol. The predicted molar refractivity (Wildman–Crippen MR) is 196 cm³/mol. The summed E-state index contributed by atoms with van der Waals surface area (Å²) in [6.07, 6.45) is 35.2. The Morgan fingerprint density at radius 1 is 0.659 bits per heavy atom. The molecule has 0 aromatic heterocycles. The van der Waals surface area contributed by atoms with Gasteiger partial charge in [0.2, 0.25) is 0 Å². The van der Waals surface area contributed by atoms with Crippen LogP contribution in [0.4, 0.5) is 0 Å². The first-order chi connectivity index (χ1) is 20.7. The maximum atomic E-state index is 10.3. The van der Waals surface area contributed by atoms with E-state index in [1.165, 1.54) is 77.5 Å². The van der Waals surface area contributed by atoms with E-state index in [0.717, 1.165) is 5.57 Å². The molecule has 2 N–H and O–H groups in total. The number of aliphatic hydroxyl groups excluding tert-OH is 1. The fraction of sp³-hybridized carbons (Fsp3) is 0.476. The van der Waals surface area contributed by atoms with Crippen LogP contribution in [0.1, 0.15) is 108 Å². The maximum absolute atomic E-state index is 10.3. The van der Waals surface area contributed by atoms with Crippen LogP contribution in [0, 0.1) is 10.8 Å². The Balaban J connectivity index is 1.79. The van der Waals surface area contributed by atoms with E-state index in [-0.39, 0.29) is 10.8 Å². The van der Waals surface area contributed by atoms with Gasteiger partial charge in [-0.1, -0.05) is 134 Å². The Kier molecular flexibility index (Phi) is 15.2. The Morgan fingerprint density at radius 2 is 1.11 bits per heavy atom. The number of aliphatic hydroxyl groups is 1. The lowest BCUT2D eigenvalue weighted by Crippen LogP contribution is -2.19. The molecule has 0 spiro atoms. The molecule has 0 radical (unpaired) electrons. The molecule has 0 amide bonds. The van der Waals surface area contributed by atoms with E-state index in [9.17, 15) is 5.11 Å². The SMILES string of the molecule is CC(C=CC1=C(C)CCCC1(C)C)=CC=CC(C)=CC=C(O)CNCC=C(C)C=CC=C(C)C=CC1=C(C)CCCC1(C)C. The molecule has 2 rings (SSSR count). The summed E-state index contributed by atoms with van der Waals surface area (Å²) in [5.41, 5.74) is 11.3. The van der Waals surface area contributed by atoms with Crippen molar-refractivity contribution < 1.29 is 5.11 Å². The van der Waals surface area contributed by atoms with Gasteiger partial charge in [0.25, 0.3) is 0 Å². The zero-order valence-electron chi connectivity index (χ0n) is 29.6. The highest BCUT2D eigenvalue weighted by atomic mass is 16.3. The van der Waals surface area contributed by atoms with Crippen LogP contribution in [-0.4, -0.2) is 18.2 Å². The van der Waals surface area contributed by atoms with Crippen LogP contribution in [0.15, 0.2) is 129 Å². The molecule has 2 nitrogen and oxygen atoms in total. The van der Waals surface area contributed by atoms with Gasteiger partial charge in [0.05, 0.1) is 6.54 Å². The molecule has 0 aromatic rings. The average molecular weight is 596 g/mol. The highest BCUT2D eigenvalue weighted by molar-refractivity contribution is 5.38. The largest absolute Gasteiger partial charge is 0.511 e. The third-order valence-corrected chi connectivity index (χ3v) is 8.96. The van der Waals surface area contributed by atoms with E-state index in [1.54, 1.807) is 6.08 Å². The smallest absolute Gasteiger partial charge is 0.106 e. The van der Waals surface area contributed by atoms with Crippen molar-refractivity contribution in [3.63, 3.8) is 0 Å². The van der Waals surface area contributed by atoms with Crippen LogP contribution in [0.5, 0.6) is 0 Å². The van der Waals surface area contributed by atoms with E-state index < -0.39 is 0 Å². The predicted octanol–water partition coefficient (Wildman–Crippen LogP) is 12.1. The van der Waals surface area contributed by atoms with Crippen LogP contribution < -0.4 is 5.32 Å².